The normalized spacial score (nSPS) is 26.2. The van der Waals surface area contributed by atoms with Crippen LogP contribution >= 0.6 is 23.5 Å². The van der Waals surface area contributed by atoms with Crippen LogP contribution in [0.25, 0.3) is 0 Å². The summed E-state index contributed by atoms with van der Waals surface area (Å²) >= 11 is 3.70. The molecule has 174 valence electrons. The van der Waals surface area contributed by atoms with Gasteiger partial charge < -0.3 is 14.6 Å². The van der Waals surface area contributed by atoms with E-state index in [2.05, 4.69) is 17.1 Å². The minimum atomic E-state index is -1.10. The highest BCUT2D eigenvalue weighted by Gasteiger charge is 2.43. The lowest BCUT2D eigenvalue weighted by molar-refractivity contribution is -0.176. The van der Waals surface area contributed by atoms with Crippen molar-refractivity contribution in [3.05, 3.63) is 57.9 Å². The molecule has 4 atom stereocenters. The maximum atomic E-state index is 13.4. The predicted molar refractivity (Wildman–Crippen MR) is 131 cm³/mol. The first kappa shape index (κ1) is 23.9. The zero-order chi connectivity index (χ0) is 22.6. The summed E-state index contributed by atoms with van der Waals surface area (Å²) in [4.78, 5) is 15.6. The van der Waals surface area contributed by atoms with E-state index in [1.165, 1.54) is 10.7 Å². The van der Waals surface area contributed by atoms with Gasteiger partial charge in [-0.3, -0.25) is 4.90 Å². The molecule has 0 aromatic heterocycles. The van der Waals surface area contributed by atoms with Gasteiger partial charge in [-0.2, -0.15) is 0 Å². The molecule has 2 fully saturated rings. The molecule has 4 rings (SSSR count). The summed E-state index contributed by atoms with van der Waals surface area (Å²) in [6, 6.07) is 9.90. The van der Waals surface area contributed by atoms with Crippen LogP contribution in [0.3, 0.4) is 0 Å². The fourth-order valence-electron chi connectivity index (χ4n) is 4.41. The van der Waals surface area contributed by atoms with Gasteiger partial charge in [-0.15, -0.1) is 23.5 Å². The highest BCUT2D eigenvalue weighted by molar-refractivity contribution is 8.22. The number of aliphatic hydroxyl groups is 1. The van der Waals surface area contributed by atoms with Crippen molar-refractivity contribution >= 4 is 29.5 Å². The number of carbonyl (C=O) groups excluding carboxylic acids is 1. The average Bonchev–Trinajstić information content (AvgIpc) is 3.40. The van der Waals surface area contributed by atoms with Crippen LogP contribution in [0.2, 0.25) is 0 Å². The highest BCUT2D eigenvalue weighted by atomic mass is 32.2. The third kappa shape index (κ3) is 5.45. The van der Waals surface area contributed by atoms with Crippen LogP contribution in [-0.4, -0.2) is 64.9 Å². The third-order valence-corrected chi connectivity index (χ3v) is 9.16. The van der Waals surface area contributed by atoms with Crippen LogP contribution in [0.5, 0.6) is 0 Å². The molecule has 0 unspecified atom stereocenters. The van der Waals surface area contributed by atoms with E-state index in [9.17, 15) is 9.90 Å². The SMILES string of the molecule is C[C@H](C=C1SCCCS1)[C@](C)(OCc1ccccc1)C(=O)OCC1=CCN2CC[C@@H](O)[C@@H]12. The summed E-state index contributed by atoms with van der Waals surface area (Å²) < 4.78 is 13.4. The number of benzene rings is 1. The van der Waals surface area contributed by atoms with E-state index in [1.807, 2.05) is 67.7 Å². The maximum Gasteiger partial charge on any atom is 0.339 e. The topological polar surface area (TPSA) is 59.0 Å². The molecule has 1 aromatic carbocycles. The molecule has 3 heterocycles. The van der Waals surface area contributed by atoms with Crippen LogP contribution < -0.4 is 0 Å². The van der Waals surface area contributed by atoms with Crippen LogP contribution in [0, 0.1) is 5.92 Å². The van der Waals surface area contributed by atoms with E-state index < -0.39 is 5.60 Å². The second-order valence-corrected chi connectivity index (χ2v) is 11.4. The zero-order valence-corrected chi connectivity index (χ0v) is 20.5. The van der Waals surface area contributed by atoms with Crippen molar-refractivity contribution in [2.24, 2.45) is 5.92 Å². The summed E-state index contributed by atoms with van der Waals surface area (Å²) in [5, 5.41) is 10.3. The van der Waals surface area contributed by atoms with Crippen molar-refractivity contribution in [2.45, 2.75) is 51.0 Å². The lowest BCUT2D eigenvalue weighted by atomic mass is 9.90. The van der Waals surface area contributed by atoms with E-state index in [0.717, 1.165) is 42.2 Å². The Labute approximate surface area is 199 Å². The molecule has 2 saturated heterocycles. The Morgan fingerprint density at radius 3 is 2.78 bits per heavy atom. The summed E-state index contributed by atoms with van der Waals surface area (Å²) in [7, 11) is 0. The monoisotopic (exact) mass is 475 g/mol. The Hall–Kier alpha value is -1.25. The molecule has 3 aliphatic rings. The molecule has 3 aliphatic heterocycles. The second-order valence-electron chi connectivity index (χ2n) is 8.86. The van der Waals surface area contributed by atoms with Crippen molar-refractivity contribution < 1.29 is 19.4 Å². The lowest BCUT2D eigenvalue weighted by Gasteiger charge is -2.33. The Kier molecular flexibility index (Phi) is 8.05. The number of fused-ring (bicyclic) bond motifs is 1. The van der Waals surface area contributed by atoms with Gasteiger partial charge in [0.25, 0.3) is 0 Å². The molecule has 0 saturated carbocycles. The molecule has 0 radical (unpaired) electrons. The summed E-state index contributed by atoms with van der Waals surface area (Å²) in [6.45, 7) is 6.13. The minimum absolute atomic E-state index is 0.0196. The molecule has 0 aliphatic carbocycles. The number of nitrogens with zero attached hydrogens (tertiary/aromatic N) is 1. The predicted octanol–water partition coefficient (Wildman–Crippen LogP) is 4.23. The standard InChI is InChI=1S/C25H33NO4S2/c1-18(15-22-31-13-6-14-32-22)25(2,30-16-19-7-4-3-5-8-19)24(28)29-17-20-9-11-26-12-10-21(27)23(20)26/h3-5,7-9,15,18,21,23,27H,6,10-14,16-17H2,1-2H3/t18-,21-,23-,25+/m1/s1. The van der Waals surface area contributed by atoms with Crippen LogP contribution in [-0.2, 0) is 20.9 Å². The molecular weight excluding hydrogens is 442 g/mol. The first-order valence-electron chi connectivity index (χ1n) is 11.4. The quantitative estimate of drug-likeness (QED) is 0.446. The average molecular weight is 476 g/mol. The van der Waals surface area contributed by atoms with Crippen molar-refractivity contribution in [3.8, 4) is 0 Å². The minimum Gasteiger partial charge on any atom is -0.459 e. The van der Waals surface area contributed by atoms with Gasteiger partial charge in [-0.1, -0.05) is 49.4 Å². The lowest BCUT2D eigenvalue weighted by Crippen LogP contribution is -2.46. The molecule has 0 spiro atoms. The second kappa shape index (κ2) is 10.8. The highest BCUT2D eigenvalue weighted by Crippen LogP contribution is 2.38. The van der Waals surface area contributed by atoms with E-state index in [0.29, 0.717) is 6.61 Å². The van der Waals surface area contributed by atoms with E-state index >= 15 is 0 Å². The van der Waals surface area contributed by atoms with Crippen molar-refractivity contribution in [2.75, 3.05) is 31.2 Å². The van der Waals surface area contributed by atoms with Gasteiger partial charge in [0, 0.05) is 23.2 Å². The van der Waals surface area contributed by atoms with Crippen molar-refractivity contribution in [1.82, 2.24) is 4.90 Å². The van der Waals surface area contributed by atoms with Crippen molar-refractivity contribution in [3.63, 3.8) is 0 Å². The van der Waals surface area contributed by atoms with Gasteiger partial charge in [0.15, 0.2) is 5.60 Å². The number of thioether (sulfide) groups is 2. The molecule has 7 heteroatoms. The molecule has 1 aromatic rings. The zero-order valence-electron chi connectivity index (χ0n) is 18.9. The Morgan fingerprint density at radius 2 is 2.03 bits per heavy atom. The number of ether oxygens (including phenoxy) is 2. The van der Waals surface area contributed by atoms with Crippen molar-refractivity contribution in [1.29, 1.82) is 0 Å². The van der Waals surface area contributed by atoms with Crippen LogP contribution in [0.4, 0.5) is 0 Å². The maximum absolute atomic E-state index is 13.4. The Balaban J connectivity index is 1.46. The van der Waals surface area contributed by atoms with E-state index in [4.69, 9.17) is 9.47 Å². The van der Waals surface area contributed by atoms with Gasteiger partial charge in [-0.25, -0.2) is 4.79 Å². The van der Waals surface area contributed by atoms with Crippen LogP contribution in [0.1, 0.15) is 32.3 Å². The molecule has 5 nitrogen and oxygen atoms in total. The largest absolute Gasteiger partial charge is 0.459 e. The fraction of sp³-hybridized carbons (Fsp3) is 0.560. The molecule has 1 N–H and O–H groups in total. The first-order chi connectivity index (χ1) is 15.5. The number of esters is 1. The number of rotatable bonds is 8. The number of hydrogen-bond donors (Lipinski definition) is 1. The summed E-state index contributed by atoms with van der Waals surface area (Å²) in [5.74, 6) is 1.74. The third-order valence-electron chi connectivity index (χ3n) is 6.63. The molecular formula is C25H33NO4S2. The van der Waals surface area contributed by atoms with E-state index in [-0.39, 0.29) is 30.6 Å². The Morgan fingerprint density at radius 1 is 1.28 bits per heavy atom. The summed E-state index contributed by atoms with van der Waals surface area (Å²) in [5.41, 5.74) is 0.920. The van der Waals surface area contributed by atoms with Crippen LogP contribution in [0.15, 0.2) is 52.3 Å². The molecule has 0 amide bonds. The van der Waals surface area contributed by atoms with Gasteiger partial charge in [0.2, 0.25) is 0 Å². The van der Waals surface area contributed by atoms with Gasteiger partial charge >= 0.3 is 5.97 Å². The number of hydrogen-bond acceptors (Lipinski definition) is 7. The molecule has 0 bridgehead atoms. The fourth-order valence-corrected chi connectivity index (χ4v) is 7.00. The summed E-state index contributed by atoms with van der Waals surface area (Å²) in [6.07, 6.45) is 5.85. The smallest absolute Gasteiger partial charge is 0.339 e. The van der Waals surface area contributed by atoms with Gasteiger partial charge in [-0.05, 0) is 42.4 Å². The van der Waals surface area contributed by atoms with E-state index in [1.54, 1.807) is 0 Å². The Bertz CT molecular complexity index is 851. The first-order valence-corrected chi connectivity index (χ1v) is 13.4. The van der Waals surface area contributed by atoms with Gasteiger partial charge in [0.05, 0.1) is 18.8 Å². The number of carbonyl (C=O) groups is 1. The number of aliphatic hydroxyl groups excluding tert-OH is 1. The molecule has 32 heavy (non-hydrogen) atoms. The van der Waals surface area contributed by atoms with Gasteiger partial charge in [0.1, 0.15) is 6.61 Å².